The van der Waals surface area contributed by atoms with Crippen molar-refractivity contribution in [2.45, 2.75) is 25.1 Å². The van der Waals surface area contributed by atoms with Crippen molar-refractivity contribution in [1.82, 2.24) is 0 Å². The van der Waals surface area contributed by atoms with Crippen LogP contribution in [-0.4, -0.2) is 10.6 Å². The minimum absolute atomic E-state index is 0.0331. The highest BCUT2D eigenvalue weighted by Gasteiger charge is 2.52. The second-order valence-electron chi connectivity index (χ2n) is 4.41. The Morgan fingerprint density at radius 2 is 2.17 bits per heavy atom. The van der Waals surface area contributed by atoms with Crippen molar-refractivity contribution in [2.75, 3.05) is 0 Å². The predicted octanol–water partition coefficient (Wildman–Crippen LogP) is 2.55. The van der Waals surface area contributed by atoms with Gasteiger partial charge < -0.3 is 0 Å². The average Bonchev–Trinajstić information content (AvgIpc) is 2.18. The largest absolute Gasteiger partial charge is 0.298 e. The Kier molecular flexibility index (Phi) is 1.73. The molecule has 1 fully saturated rings. The molecule has 2 bridgehead atoms. The highest BCUT2D eigenvalue weighted by atomic mass is 79.9. The average molecular weight is 229 g/mol. The highest BCUT2D eigenvalue weighted by Crippen LogP contribution is 2.54. The number of hydrogen-bond donors (Lipinski definition) is 0. The normalized spacial score (nSPS) is 43.6. The summed E-state index contributed by atoms with van der Waals surface area (Å²) in [4.78, 5) is 11.7. The molecule has 3 aliphatic carbocycles. The fourth-order valence-electron chi connectivity index (χ4n) is 2.29. The first kappa shape index (κ1) is 8.49. The molecule has 3 atom stereocenters. The van der Waals surface area contributed by atoms with Gasteiger partial charge in [0.1, 0.15) is 0 Å². The summed E-state index contributed by atoms with van der Waals surface area (Å²) in [5, 5.41) is 0. The molecule has 0 aliphatic heterocycles. The molecule has 0 amide bonds. The topological polar surface area (TPSA) is 17.1 Å². The van der Waals surface area contributed by atoms with Gasteiger partial charge in [-0.05, 0) is 17.8 Å². The zero-order valence-electron chi connectivity index (χ0n) is 7.38. The van der Waals surface area contributed by atoms with Crippen LogP contribution in [0.15, 0.2) is 12.2 Å². The van der Waals surface area contributed by atoms with Crippen molar-refractivity contribution < 1.29 is 4.79 Å². The van der Waals surface area contributed by atoms with E-state index in [4.69, 9.17) is 0 Å². The van der Waals surface area contributed by atoms with Crippen molar-refractivity contribution in [2.24, 2.45) is 17.3 Å². The first-order chi connectivity index (χ1) is 5.53. The van der Waals surface area contributed by atoms with E-state index < -0.39 is 0 Å². The van der Waals surface area contributed by atoms with E-state index in [1.54, 1.807) is 0 Å². The summed E-state index contributed by atoms with van der Waals surface area (Å²) < 4.78 is 0. The molecular formula is C10H13BrO. The number of rotatable bonds is 0. The third-order valence-corrected chi connectivity index (χ3v) is 4.23. The number of halogens is 1. The van der Waals surface area contributed by atoms with E-state index in [1.165, 1.54) is 0 Å². The summed E-state index contributed by atoms with van der Waals surface area (Å²) in [5.74, 6) is 1.26. The first-order valence-electron chi connectivity index (χ1n) is 4.39. The second kappa shape index (κ2) is 2.44. The lowest BCUT2D eigenvalue weighted by atomic mass is 9.54. The Hall–Kier alpha value is -0.110. The number of carbonyl (C=O) groups excluding carboxylic acids is 1. The van der Waals surface area contributed by atoms with E-state index in [9.17, 15) is 4.79 Å². The van der Waals surface area contributed by atoms with Crippen molar-refractivity contribution in [3.8, 4) is 0 Å². The molecule has 0 unspecified atom stereocenters. The molecule has 3 aliphatic rings. The Bertz CT molecular complexity index is 255. The summed E-state index contributed by atoms with van der Waals surface area (Å²) >= 11 is 3.39. The van der Waals surface area contributed by atoms with Gasteiger partial charge in [0.25, 0.3) is 0 Å². The van der Waals surface area contributed by atoms with Crippen LogP contribution in [0.1, 0.15) is 20.3 Å². The number of Topliss-reactive ketones (excluding diaryl/α,β-unsaturated/α-hetero) is 1. The number of ketones is 1. The maximum Gasteiger partial charge on any atom is 0.153 e. The van der Waals surface area contributed by atoms with Crippen LogP contribution in [0.2, 0.25) is 0 Å². The van der Waals surface area contributed by atoms with E-state index in [-0.39, 0.29) is 16.2 Å². The predicted molar refractivity (Wildman–Crippen MR) is 52.2 cm³/mol. The van der Waals surface area contributed by atoms with Crippen LogP contribution in [-0.2, 0) is 4.79 Å². The first-order valence-corrected chi connectivity index (χ1v) is 5.31. The molecule has 12 heavy (non-hydrogen) atoms. The Morgan fingerprint density at radius 1 is 1.50 bits per heavy atom. The minimum Gasteiger partial charge on any atom is -0.298 e. The zero-order chi connectivity index (χ0) is 8.93. The van der Waals surface area contributed by atoms with Crippen LogP contribution in [0.5, 0.6) is 0 Å². The molecule has 1 nitrogen and oxygen atoms in total. The summed E-state index contributed by atoms with van der Waals surface area (Å²) in [5.41, 5.74) is 0.204. The van der Waals surface area contributed by atoms with Crippen LogP contribution in [0, 0.1) is 17.3 Å². The van der Waals surface area contributed by atoms with Crippen molar-refractivity contribution in [3.05, 3.63) is 12.2 Å². The third-order valence-electron chi connectivity index (χ3n) is 3.47. The molecular weight excluding hydrogens is 216 g/mol. The van der Waals surface area contributed by atoms with Gasteiger partial charge in [-0.15, -0.1) is 0 Å². The van der Waals surface area contributed by atoms with E-state index in [2.05, 4.69) is 35.9 Å². The number of allylic oxidation sites excluding steroid dienone is 2. The highest BCUT2D eigenvalue weighted by molar-refractivity contribution is 9.10. The Balaban J connectivity index is 2.33. The molecule has 0 spiro atoms. The monoisotopic (exact) mass is 228 g/mol. The van der Waals surface area contributed by atoms with Crippen LogP contribution in [0.4, 0.5) is 0 Å². The van der Waals surface area contributed by atoms with E-state index in [0.29, 0.717) is 11.7 Å². The van der Waals surface area contributed by atoms with Gasteiger partial charge in [0, 0.05) is 5.92 Å². The quantitative estimate of drug-likeness (QED) is 0.460. The maximum absolute atomic E-state index is 11.7. The van der Waals surface area contributed by atoms with Crippen LogP contribution in [0.3, 0.4) is 0 Å². The van der Waals surface area contributed by atoms with Crippen LogP contribution in [0.25, 0.3) is 0 Å². The van der Waals surface area contributed by atoms with Gasteiger partial charge in [-0.3, -0.25) is 4.79 Å². The van der Waals surface area contributed by atoms with Crippen molar-refractivity contribution >= 4 is 21.7 Å². The lowest BCUT2D eigenvalue weighted by molar-refractivity contribution is -0.133. The molecule has 66 valence electrons. The van der Waals surface area contributed by atoms with E-state index in [0.717, 1.165) is 6.42 Å². The molecule has 0 aromatic carbocycles. The molecule has 3 rings (SSSR count). The molecule has 0 aromatic rings. The molecule has 0 saturated heterocycles. The van der Waals surface area contributed by atoms with Crippen molar-refractivity contribution in [1.29, 1.82) is 0 Å². The van der Waals surface area contributed by atoms with Crippen LogP contribution < -0.4 is 0 Å². The summed E-state index contributed by atoms with van der Waals surface area (Å²) in [6.45, 7) is 4.39. The smallest absolute Gasteiger partial charge is 0.153 e. The summed E-state index contributed by atoms with van der Waals surface area (Å²) in [6.07, 6.45) is 5.26. The van der Waals surface area contributed by atoms with Gasteiger partial charge in [0.05, 0.1) is 4.83 Å². The zero-order valence-corrected chi connectivity index (χ0v) is 8.97. The molecule has 0 radical (unpaired) electrons. The fraction of sp³-hybridized carbons (Fsp3) is 0.700. The summed E-state index contributed by atoms with van der Waals surface area (Å²) in [7, 11) is 0. The lowest BCUT2D eigenvalue weighted by Gasteiger charge is -2.49. The van der Waals surface area contributed by atoms with Gasteiger partial charge >= 0.3 is 0 Å². The van der Waals surface area contributed by atoms with Gasteiger partial charge in [0.2, 0.25) is 0 Å². The number of alkyl halides is 1. The number of hydrogen-bond acceptors (Lipinski definition) is 1. The number of fused-ring (bicyclic) bond motifs is 2. The molecule has 0 heterocycles. The van der Waals surface area contributed by atoms with Gasteiger partial charge in [-0.2, -0.15) is 0 Å². The summed E-state index contributed by atoms with van der Waals surface area (Å²) in [6, 6.07) is 0. The van der Waals surface area contributed by atoms with Crippen LogP contribution >= 0.6 is 15.9 Å². The van der Waals surface area contributed by atoms with Gasteiger partial charge in [0.15, 0.2) is 5.78 Å². The molecule has 1 saturated carbocycles. The fourth-order valence-corrected chi connectivity index (χ4v) is 2.78. The molecule has 0 N–H and O–H groups in total. The molecule has 2 heteroatoms. The Labute approximate surface area is 81.4 Å². The van der Waals surface area contributed by atoms with E-state index in [1.807, 2.05) is 6.08 Å². The third kappa shape index (κ3) is 0.936. The van der Waals surface area contributed by atoms with Crippen molar-refractivity contribution in [3.63, 3.8) is 0 Å². The van der Waals surface area contributed by atoms with Gasteiger partial charge in [-0.25, -0.2) is 0 Å². The van der Waals surface area contributed by atoms with Gasteiger partial charge in [-0.1, -0.05) is 41.9 Å². The standard InChI is InChI=1S/C10H13BrO/c1-10(2)6-3-4-8(11)9(12)7(10)5-6/h3-4,6-8H,5H2,1-2H3/t6-,7-,8-/m0/s1. The Morgan fingerprint density at radius 3 is 2.75 bits per heavy atom. The second-order valence-corrected chi connectivity index (χ2v) is 5.39. The molecule has 0 aromatic heterocycles. The lowest BCUT2D eigenvalue weighted by Crippen LogP contribution is -2.47. The minimum atomic E-state index is -0.0331. The van der Waals surface area contributed by atoms with E-state index >= 15 is 0 Å². The number of carbonyl (C=O) groups is 1. The SMILES string of the molecule is CC1(C)[C@H]2C=C[C@H](Br)C(=O)[C@@H]1C2. The maximum atomic E-state index is 11.7.